The van der Waals surface area contributed by atoms with Gasteiger partial charge in [-0.2, -0.15) is 0 Å². The maximum atomic E-state index is 11.3. The third-order valence-corrected chi connectivity index (χ3v) is 5.01. The zero-order chi connectivity index (χ0) is 19.0. The van der Waals surface area contributed by atoms with Gasteiger partial charge in [0.05, 0.1) is 18.9 Å². The number of rotatable bonds is 10. The van der Waals surface area contributed by atoms with Gasteiger partial charge in [0, 0.05) is 31.1 Å². The normalized spacial score (nSPS) is 15.6. The molecule has 1 aliphatic carbocycles. The molecule has 0 aliphatic heterocycles. The van der Waals surface area contributed by atoms with E-state index in [0.29, 0.717) is 30.7 Å². The second kappa shape index (κ2) is 11.7. The summed E-state index contributed by atoms with van der Waals surface area (Å²) < 4.78 is 28.3. The van der Waals surface area contributed by atoms with Gasteiger partial charge < -0.3 is 15.4 Å². The highest BCUT2D eigenvalue weighted by atomic mass is 127. The Bertz CT molecular complexity index is 708. The molecule has 154 valence electrons. The van der Waals surface area contributed by atoms with Crippen molar-refractivity contribution in [1.82, 2.24) is 15.6 Å². The maximum absolute atomic E-state index is 11.3. The molecule has 1 aromatic heterocycles. The average molecular weight is 510 g/mol. The van der Waals surface area contributed by atoms with Crippen molar-refractivity contribution >= 4 is 39.8 Å². The molecule has 2 N–H and O–H groups in total. The minimum atomic E-state index is -2.96. The van der Waals surface area contributed by atoms with E-state index < -0.39 is 9.84 Å². The lowest BCUT2D eigenvalue weighted by molar-refractivity contribution is 0.288. The number of pyridine rings is 1. The van der Waals surface area contributed by atoms with E-state index in [0.717, 1.165) is 18.7 Å². The minimum Gasteiger partial charge on any atom is -0.477 e. The summed E-state index contributed by atoms with van der Waals surface area (Å²) in [7, 11) is -2.96. The zero-order valence-electron chi connectivity index (χ0n) is 16.3. The number of halogens is 1. The third-order valence-electron chi connectivity index (χ3n) is 4.03. The summed E-state index contributed by atoms with van der Waals surface area (Å²) in [5.74, 6) is 2.17. The van der Waals surface area contributed by atoms with Gasteiger partial charge in [0.25, 0.3) is 0 Å². The van der Waals surface area contributed by atoms with Crippen LogP contribution in [0, 0.1) is 5.92 Å². The Morgan fingerprint density at radius 2 is 2.19 bits per heavy atom. The average Bonchev–Trinajstić information content (AvgIpc) is 3.40. The lowest BCUT2D eigenvalue weighted by atomic mass is 10.2. The first-order valence-electron chi connectivity index (χ1n) is 9.16. The lowest BCUT2D eigenvalue weighted by Crippen LogP contribution is -2.42. The number of aliphatic imine (C=N–C) groups is 1. The van der Waals surface area contributed by atoms with Gasteiger partial charge in [0.2, 0.25) is 5.88 Å². The number of guanidine groups is 1. The van der Waals surface area contributed by atoms with Gasteiger partial charge in [-0.25, -0.2) is 18.4 Å². The van der Waals surface area contributed by atoms with E-state index in [1.165, 1.54) is 19.1 Å². The molecule has 1 atom stereocenters. The van der Waals surface area contributed by atoms with Gasteiger partial charge in [-0.1, -0.05) is 0 Å². The molecule has 1 heterocycles. The minimum absolute atomic E-state index is 0. The second-order valence-corrected chi connectivity index (χ2v) is 9.18. The van der Waals surface area contributed by atoms with Crippen molar-refractivity contribution < 1.29 is 13.2 Å². The monoisotopic (exact) mass is 510 g/mol. The summed E-state index contributed by atoms with van der Waals surface area (Å²) in [5.41, 5.74) is 1.02. The molecule has 0 bridgehead atoms. The molecule has 7 nitrogen and oxygen atoms in total. The number of sulfone groups is 1. The van der Waals surface area contributed by atoms with Crippen molar-refractivity contribution in [3.63, 3.8) is 0 Å². The van der Waals surface area contributed by atoms with Crippen LogP contribution in [0.5, 0.6) is 5.88 Å². The smallest absolute Gasteiger partial charge is 0.213 e. The largest absolute Gasteiger partial charge is 0.477 e. The van der Waals surface area contributed by atoms with E-state index in [1.807, 2.05) is 26.0 Å². The topological polar surface area (TPSA) is 92.7 Å². The quantitative estimate of drug-likeness (QED) is 0.285. The van der Waals surface area contributed by atoms with Gasteiger partial charge in [0.1, 0.15) is 9.84 Å². The summed E-state index contributed by atoms with van der Waals surface area (Å²) in [6.07, 6.45) is 6.03. The SMILES string of the molecule is CCNC(=NCc1ccnc(OCC2CC2)c1)NC(C)CCS(C)(=O)=O.I. The Morgan fingerprint density at radius 1 is 1.44 bits per heavy atom. The van der Waals surface area contributed by atoms with E-state index in [9.17, 15) is 8.42 Å². The Balaban J connectivity index is 0.00000364. The van der Waals surface area contributed by atoms with Crippen LogP contribution >= 0.6 is 24.0 Å². The van der Waals surface area contributed by atoms with E-state index in [1.54, 1.807) is 6.20 Å². The standard InChI is InChI=1S/C18H30N4O3S.HI/c1-4-19-18(22-14(2)8-10-26(3,23)24)21-12-16-7-9-20-17(11-16)25-13-15-5-6-15;/h7,9,11,14-15H,4-6,8,10,12-13H2,1-3H3,(H2,19,21,22);1H. The van der Waals surface area contributed by atoms with Crippen molar-refractivity contribution in [2.24, 2.45) is 10.9 Å². The van der Waals surface area contributed by atoms with Gasteiger partial charge in [-0.05, 0) is 50.7 Å². The van der Waals surface area contributed by atoms with Crippen LogP contribution in [0.4, 0.5) is 0 Å². The van der Waals surface area contributed by atoms with Crippen LogP contribution in [0.15, 0.2) is 23.3 Å². The predicted octanol–water partition coefficient (Wildman–Crippen LogP) is 2.37. The summed E-state index contributed by atoms with van der Waals surface area (Å²) >= 11 is 0. The number of aromatic nitrogens is 1. The molecule has 9 heteroatoms. The molecule has 1 aromatic rings. The Kier molecular flexibility index (Phi) is 10.4. The highest BCUT2D eigenvalue weighted by Crippen LogP contribution is 2.29. The number of nitrogens with one attached hydrogen (secondary N) is 2. The molecule has 1 saturated carbocycles. The molecule has 1 aliphatic rings. The van der Waals surface area contributed by atoms with Crippen LogP contribution < -0.4 is 15.4 Å². The van der Waals surface area contributed by atoms with E-state index in [4.69, 9.17) is 4.74 Å². The molecular weight excluding hydrogens is 479 g/mol. The van der Waals surface area contributed by atoms with Crippen LogP contribution in [0.25, 0.3) is 0 Å². The Morgan fingerprint density at radius 3 is 2.81 bits per heavy atom. The fourth-order valence-electron chi connectivity index (χ4n) is 2.30. The fourth-order valence-corrected chi connectivity index (χ4v) is 3.08. The lowest BCUT2D eigenvalue weighted by Gasteiger charge is -2.17. The van der Waals surface area contributed by atoms with Gasteiger partial charge in [-0.15, -0.1) is 24.0 Å². The molecular formula is C18H31IN4O3S. The van der Waals surface area contributed by atoms with Crippen LogP contribution in [0.1, 0.15) is 38.7 Å². The second-order valence-electron chi connectivity index (χ2n) is 6.92. The van der Waals surface area contributed by atoms with Crippen molar-refractivity contribution in [3.8, 4) is 5.88 Å². The maximum Gasteiger partial charge on any atom is 0.213 e. The molecule has 2 rings (SSSR count). The van der Waals surface area contributed by atoms with Crippen molar-refractivity contribution in [1.29, 1.82) is 0 Å². The number of hydrogen-bond donors (Lipinski definition) is 2. The van der Waals surface area contributed by atoms with E-state index >= 15 is 0 Å². The molecule has 0 radical (unpaired) electrons. The molecule has 1 fully saturated rings. The molecule has 0 amide bonds. The van der Waals surface area contributed by atoms with Crippen molar-refractivity contribution in [2.45, 2.75) is 45.7 Å². The Hall–Kier alpha value is -1.10. The van der Waals surface area contributed by atoms with Crippen LogP contribution in [-0.2, 0) is 16.4 Å². The van der Waals surface area contributed by atoms with E-state index in [-0.39, 0.29) is 35.8 Å². The first-order chi connectivity index (χ1) is 12.4. The zero-order valence-corrected chi connectivity index (χ0v) is 19.4. The predicted molar refractivity (Wildman–Crippen MR) is 120 cm³/mol. The summed E-state index contributed by atoms with van der Waals surface area (Å²) in [6, 6.07) is 3.85. The number of ether oxygens (including phenoxy) is 1. The summed E-state index contributed by atoms with van der Waals surface area (Å²) in [6.45, 7) is 5.91. The highest BCUT2D eigenvalue weighted by Gasteiger charge is 2.22. The highest BCUT2D eigenvalue weighted by molar-refractivity contribution is 14.0. The number of nitrogens with zero attached hydrogens (tertiary/aromatic N) is 2. The molecule has 1 unspecified atom stereocenters. The number of hydrogen-bond acceptors (Lipinski definition) is 5. The van der Waals surface area contributed by atoms with Crippen LogP contribution in [-0.4, -0.2) is 50.6 Å². The van der Waals surface area contributed by atoms with Crippen LogP contribution in [0.2, 0.25) is 0 Å². The van der Waals surface area contributed by atoms with Gasteiger partial charge in [-0.3, -0.25) is 0 Å². The van der Waals surface area contributed by atoms with Crippen molar-refractivity contribution in [3.05, 3.63) is 23.9 Å². The molecule has 0 spiro atoms. The fraction of sp³-hybridized carbons (Fsp3) is 0.667. The molecule has 0 saturated heterocycles. The van der Waals surface area contributed by atoms with Gasteiger partial charge >= 0.3 is 0 Å². The summed E-state index contributed by atoms with van der Waals surface area (Å²) in [5, 5.41) is 6.44. The molecule has 27 heavy (non-hydrogen) atoms. The molecule has 0 aromatic carbocycles. The summed E-state index contributed by atoms with van der Waals surface area (Å²) in [4.78, 5) is 8.82. The van der Waals surface area contributed by atoms with Crippen LogP contribution in [0.3, 0.4) is 0 Å². The van der Waals surface area contributed by atoms with Gasteiger partial charge in [0.15, 0.2) is 5.96 Å². The first-order valence-corrected chi connectivity index (χ1v) is 11.2. The van der Waals surface area contributed by atoms with E-state index in [2.05, 4.69) is 20.6 Å². The third kappa shape index (κ3) is 10.7. The van der Waals surface area contributed by atoms with Crippen molar-refractivity contribution in [2.75, 3.05) is 25.2 Å². The first kappa shape index (κ1) is 23.9. The Labute approximate surface area is 179 Å².